The molecule has 2 heterocycles. The second-order valence-corrected chi connectivity index (χ2v) is 6.28. The molecule has 27 heavy (non-hydrogen) atoms. The van der Waals surface area contributed by atoms with Crippen molar-refractivity contribution in [2.24, 2.45) is 16.0 Å². The molecule has 0 N–H and O–H groups in total. The standard InChI is InChI=1S/C18H20N6O3/c1-13(20-8-3-10-22-11-9-19-12-22)17-14(2)21-23(18(17)25)15-4-6-16(7-5-15)24(26)27/h4-7,9,11-12,17H,3,8,10H2,1-2H3/t17-/m1/s1. The van der Waals surface area contributed by atoms with Gasteiger partial charge in [-0.2, -0.15) is 10.1 Å². The molecule has 0 radical (unpaired) electrons. The fourth-order valence-corrected chi connectivity index (χ4v) is 2.97. The van der Waals surface area contributed by atoms with Crippen LogP contribution in [0.3, 0.4) is 0 Å². The summed E-state index contributed by atoms with van der Waals surface area (Å²) in [6.07, 6.45) is 6.24. The minimum absolute atomic E-state index is 0.0294. The molecule has 3 rings (SSSR count). The highest BCUT2D eigenvalue weighted by atomic mass is 16.6. The first-order valence-electron chi connectivity index (χ1n) is 8.57. The zero-order valence-electron chi connectivity index (χ0n) is 15.1. The van der Waals surface area contributed by atoms with Crippen LogP contribution in [0.4, 0.5) is 11.4 Å². The van der Waals surface area contributed by atoms with E-state index in [-0.39, 0.29) is 11.6 Å². The molecule has 9 nitrogen and oxygen atoms in total. The second kappa shape index (κ2) is 7.90. The number of nitro groups is 1. The number of aromatic nitrogens is 2. The number of hydrogen-bond donors (Lipinski definition) is 0. The molecule has 1 aliphatic heterocycles. The highest BCUT2D eigenvalue weighted by molar-refractivity contribution is 6.27. The van der Waals surface area contributed by atoms with Crippen molar-refractivity contribution in [2.75, 3.05) is 11.6 Å². The first-order valence-corrected chi connectivity index (χ1v) is 8.57. The molecule has 1 aromatic heterocycles. The number of anilines is 1. The van der Waals surface area contributed by atoms with E-state index in [0.717, 1.165) is 18.7 Å². The summed E-state index contributed by atoms with van der Waals surface area (Å²) in [7, 11) is 0. The van der Waals surface area contributed by atoms with Gasteiger partial charge in [0.25, 0.3) is 11.6 Å². The van der Waals surface area contributed by atoms with Gasteiger partial charge in [0.2, 0.25) is 0 Å². The van der Waals surface area contributed by atoms with E-state index in [1.54, 1.807) is 19.4 Å². The maximum Gasteiger partial charge on any atom is 0.269 e. The molecule has 9 heteroatoms. The number of hydrazone groups is 1. The smallest absolute Gasteiger partial charge is 0.269 e. The van der Waals surface area contributed by atoms with Crippen molar-refractivity contribution in [3.8, 4) is 0 Å². The number of nitrogens with zero attached hydrogens (tertiary/aromatic N) is 6. The molecule has 0 bridgehead atoms. The van der Waals surface area contributed by atoms with Crippen molar-refractivity contribution >= 4 is 28.7 Å². The van der Waals surface area contributed by atoms with Gasteiger partial charge in [-0.15, -0.1) is 0 Å². The van der Waals surface area contributed by atoms with Gasteiger partial charge >= 0.3 is 0 Å². The van der Waals surface area contributed by atoms with Crippen LogP contribution in [0.15, 0.2) is 53.1 Å². The molecule has 0 fully saturated rings. The summed E-state index contributed by atoms with van der Waals surface area (Å²) < 4.78 is 1.98. The molecule has 0 unspecified atom stereocenters. The lowest BCUT2D eigenvalue weighted by molar-refractivity contribution is -0.384. The number of benzene rings is 1. The average Bonchev–Trinajstić information content (AvgIpc) is 3.26. The normalized spacial score (nSPS) is 17.3. The first-order chi connectivity index (χ1) is 13.0. The average molecular weight is 368 g/mol. The zero-order chi connectivity index (χ0) is 19.4. The Morgan fingerprint density at radius 1 is 1.33 bits per heavy atom. The summed E-state index contributed by atoms with van der Waals surface area (Å²) in [6, 6.07) is 5.76. The number of carbonyl (C=O) groups excluding carboxylic acids is 1. The van der Waals surface area contributed by atoms with Gasteiger partial charge in [0.15, 0.2) is 0 Å². The van der Waals surface area contributed by atoms with Crippen molar-refractivity contribution in [3.63, 3.8) is 0 Å². The van der Waals surface area contributed by atoms with Gasteiger partial charge in [0.05, 0.1) is 22.6 Å². The fraction of sp³-hybridized carbons (Fsp3) is 0.333. The topological polar surface area (TPSA) is 106 Å². The van der Waals surface area contributed by atoms with Gasteiger partial charge in [0, 0.05) is 43.3 Å². The van der Waals surface area contributed by atoms with Crippen molar-refractivity contribution in [3.05, 3.63) is 53.1 Å². The molecular formula is C18H20N6O3. The van der Waals surface area contributed by atoms with Crippen LogP contribution >= 0.6 is 0 Å². The summed E-state index contributed by atoms with van der Waals surface area (Å²) in [4.78, 5) is 31.6. The van der Waals surface area contributed by atoms with Gasteiger partial charge in [0.1, 0.15) is 5.92 Å². The van der Waals surface area contributed by atoms with E-state index in [1.807, 2.05) is 17.7 Å². The number of nitro benzene ring substituents is 1. The van der Waals surface area contributed by atoms with Crippen LogP contribution in [0.1, 0.15) is 20.3 Å². The number of rotatable bonds is 7. The Bertz CT molecular complexity index is 886. The molecule has 1 atom stereocenters. The molecule has 0 saturated heterocycles. The highest BCUT2D eigenvalue weighted by Crippen LogP contribution is 2.26. The lowest BCUT2D eigenvalue weighted by atomic mass is 9.99. The third-order valence-electron chi connectivity index (χ3n) is 4.35. The molecule has 140 valence electrons. The van der Waals surface area contributed by atoms with E-state index in [0.29, 0.717) is 17.9 Å². The van der Waals surface area contributed by atoms with Crippen LogP contribution in [0.5, 0.6) is 0 Å². The Hall–Kier alpha value is -3.36. The van der Waals surface area contributed by atoms with Crippen LogP contribution in [-0.4, -0.2) is 38.3 Å². The van der Waals surface area contributed by atoms with Gasteiger partial charge in [-0.3, -0.25) is 19.9 Å². The lowest BCUT2D eigenvalue weighted by Crippen LogP contribution is -2.31. The number of hydrogen-bond acceptors (Lipinski definition) is 6. The largest absolute Gasteiger partial charge is 0.337 e. The predicted molar refractivity (Wildman–Crippen MR) is 102 cm³/mol. The lowest BCUT2D eigenvalue weighted by Gasteiger charge is -2.14. The molecule has 2 aromatic rings. The third kappa shape index (κ3) is 4.08. The Kier molecular flexibility index (Phi) is 5.39. The van der Waals surface area contributed by atoms with Crippen LogP contribution in [0.2, 0.25) is 0 Å². The maximum absolute atomic E-state index is 12.8. The molecule has 0 saturated carbocycles. The van der Waals surface area contributed by atoms with Gasteiger partial charge in [-0.05, 0) is 32.4 Å². The van der Waals surface area contributed by atoms with Crippen molar-refractivity contribution in [1.82, 2.24) is 9.55 Å². The summed E-state index contributed by atoms with van der Waals surface area (Å²) in [5, 5.41) is 16.4. The Morgan fingerprint density at radius 2 is 2.07 bits per heavy atom. The van der Waals surface area contributed by atoms with E-state index < -0.39 is 10.8 Å². The van der Waals surface area contributed by atoms with Gasteiger partial charge < -0.3 is 4.57 Å². The van der Waals surface area contributed by atoms with Crippen LogP contribution in [0.25, 0.3) is 0 Å². The number of amides is 1. The number of aryl methyl sites for hydroxylation is 1. The van der Waals surface area contributed by atoms with Crippen molar-refractivity contribution < 1.29 is 9.72 Å². The molecule has 1 amide bonds. The number of carbonyl (C=O) groups is 1. The van der Waals surface area contributed by atoms with E-state index in [9.17, 15) is 14.9 Å². The SMILES string of the molecule is CC(=NCCCn1ccnc1)[C@H]1C(=O)N(c2ccc([N+](=O)[O-])cc2)N=C1C. The van der Waals surface area contributed by atoms with E-state index in [4.69, 9.17) is 0 Å². The van der Waals surface area contributed by atoms with Crippen molar-refractivity contribution in [2.45, 2.75) is 26.8 Å². The van der Waals surface area contributed by atoms with Gasteiger partial charge in [-0.25, -0.2) is 4.98 Å². The van der Waals surface area contributed by atoms with Gasteiger partial charge in [-0.1, -0.05) is 0 Å². The van der Waals surface area contributed by atoms with Crippen molar-refractivity contribution in [1.29, 1.82) is 0 Å². The fourth-order valence-electron chi connectivity index (χ4n) is 2.97. The summed E-state index contributed by atoms with van der Waals surface area (Å²) in [6.45, 7) is 5.05. The Morgan fingerprint density at radius 3 is 2.70 bits per heavy atom. The van der Waals surface area contributed by atoms with E-state index >= 15 is 0 Å². The molecule has 0 aliphatic carbocycles. The van der Waals surface area contributed by atoms with Crippen LogP contribution in [0, 0.1) is 16.0 Å². The van der Waals surface area contributed by atoms with Crippen LogP contribution < -0.4 is 5.01 Å². The minimum Gasteiger partial charge on any atom is -0.337 e. The quantitative estimate of drug-likeness (QED) is 0.324. The maximum atomic E-state index is 12.8. The molecule has 1 aromatic carbocycles. The minimum atomic E-state index is -0.492. The van der Waals surface area contributed by atoms with E-state index in [1.165, 1.54) is 29.3 Å². The Balaban J connectivity index is 1.64. The predicted octanol–water partition coefficient (Wildman–Crippen LogP) is 2.68. The summed E-state index contributed by atoms with van der Waals surface area (Å²) >= 11 is 0. The molecule has 0 spiro atoms. The first kappa shape index (κ1) is 18.4. The number of imidazole rings is 1. The second-order valence-electron chi connectivity index (χ2n) is 6.28. The number of non-ortho nitro benzene ring substituents is 1. The number of aliphatic imine (C=N–C) groups is 1. The summed E-state index contributed by atoms with van der Waals surface area (Å²) in [5.41, 5.74) is 1.85. The highest BCUT2D eigenvalue weighted by Gasteiger charge is 2.36. The Labute approximate surface area is 156 Å². The molecular weight excluding hydrogens is 348 g/mol. The monoisotopic (exact) mass is 368 g/mol. The summed E-state index contributed by atoms with van der Waals surface area (Å²) in [5.74, 6) is -0.689. The van der Waals surface area contributed by atoms with Crippen LogP contribution in [-0.2, 0) is 11.3 Å². The third-order valence-corrected chi connectivity index (χ3v) is 4.35. The van der Waals surface area contributed by atoms with E-state index in [2.05, 4.69) is 15.1 Å². The molecule has 1 aliphatic rings. The zero-order valence-corrected chi connectivity index (χ0v) is 15.1.